The van der Waals surface area contributed by atoms with Gasteiger partial charge in [0.05, 0.1) is 11.6 Å². The van der Waals surface area contributed by atoms with Crippen molar-refractivity contribution >= 4 is 11.5 Å². The summed E-state index contributed by atoms with van der Waals surface area (Å²) in [6, 6.07) is 0. The maximum atomic E-state index is 11.1. The Bertz CT molecular complexity index is 376. The summed E-state index contributed by atoms with van der Waals surface area (Å²) in [5.41, 5.74) is 1.33. The predicted molar refractivity (Wildman–Crippen MR) is 45.9 cm³/mol. The molecule has 1 aliphatic heterocycles. The molecule has 4 nitrogen and oxygen atoms in total. The van der Waals surface area contributed by atoms with Gasteiger partial charge in [0.1, 0.15) is 13.2 Å². The molecule has 0 aromatic carbocycles. The molecule has 13 heavy (non-hydrogen) atoms. The van der Waals surface area contributed by atoms with Gasteiger partial charge in [-0.05, 0) is 0 Å². The van der Waals surface area contributed by atoms with Crippen molar-refractivity contribution < 1.29 is 19.6 Å². The lowest BCUT2D eigenvalue weighted by molar-refractivity contribution is -0.494. The van der Waals surface area contributed by atoms with Crippen molar-refractivity contribution in [2.24, 2.45) is 0 Å². The molecule has 68 valence electrons. The van der Waals surface area contributed by atoms with Crippen LogP contribution in [0.2, 0.25) is 0 Å². The molecule has 2 aliphatic rings. The van der Waals surface area contributed by atoms with Gasteiger partial charge in [-0.15, -0.1) is 0 Å². The molecule has 0 aromatic heterocycles. The Morgan fingerprint density at radius 3 is 2.92 bits per heavy atom. The molecule has 0 saturated heterocycles. The van der Waals surface area contributed by atoms with E-state index in [1.54, 1.807) is 11.6 Å². The molecule has 4 heteroatoms. The Hall–Kier alpha value is -1.42. The van der Waals surface area contributed by atoms with E-state index in [1.165, 1.54) is 12.2 Å². The molecule has 0 aromatic rings. The highest BCUT2D eigenvalue weighted by molar-refractivity contribution is 6.20. The van der Waals surface area contributed by atoms with E-state index >= 15 is 0 Å². The lowest BCUT2D eigenvalue weighted by Gasteiger charge is -2.04. The Kier molecular flexibility index (Phi) is 1.60. The number of carbonyl (C=O) groups is 1. The first-order chi connectivity index (χ1) is 6.09. The van der Waals surface area contributed by atoms with Crippen LogP contribution in [-0.4, -0.2) is 46.0 Å². The Labute approximate surface area is 75.1 Å². The van der Waals surface area contributed by atoms with Gasteiger partial charge in [-0.2, -0.15) is 0 Å². The third-order valence-electron chi connectivity index (χ3n) is 2.33. The van der Waals surface area contributed by atoms with E-state index in [2.05, 4.69) is 0 Å². The number of ketones is 1. The Morgan fingerprint density at radius 2 is 2.23 bits per heavy atom. The summed E-state index contributed by atoms with van der Waals surface area (Å²) in [4.78, 5) is 11.1. The fourth-order valence-electron chi connectivity index (χ4n) is 1.63. The van der Waals surface area contributed by atoms with E-state index in [0.29, 0.717) is 12.1 Å². The van der Waals surface area contributed by atoms with E-state index in [1.807, 2.05) is 0 Å². The first kappa shape index (κ1) is 8.19. The molecule has 1 heterocycles. The Morgan fingerprint density at radius 1 is 1.54 bits per heavy atom. The lowest BCUT2D eigenvalue weighted by Crippen LogP contribution is -2.18. The van der Waals surface area contributed by atoms with E-state index in [9.17, 15) is 9.90 Å². The maximum Gasteiger partial charge on any atom is 0.220 e. The molecule has 0 radical (unpaired) electrons. The number of aliphatic hydroxyl groups excluding tert-OH is 2. The van der Waals surface area contributed by atoms with Crippen LogP contribution in [0.1, 0.15) is 0 Å². The van der Waals surface area contributed by atoms with Crippen molar-refractivity contribution in [3.8, 4) is 0 Å². The van der Waals surface area contributed by atoms with Crippen LogP contribution < -0.4 is 0 Å². The third-order valence-corrected chi connectivity index (χ3v) is 2.33. The van der Waals surface area contributed by atoms with E-state index in [4.69, 9.17) is 5.11 Å². The molecule has 0 saturated carbocycles. The fraction of sp³-hybridized carbons (Fsp3) is 0.333. The van der Waals surface area contributed by atoms with Gasteiger partial charge in [-0.3, -0.25) is 4.79 Å². The quantitative estimate of drug-likeness (QED) is 0.386. The topological polar surface area (TPSA) is 60.5 Å². The van der Waals surface area contributed by atoms with E-state index in [0.717, 1.165) is 5.71 Å². The smallest absolute Gasteiger partial charge is 0.220 e. The molecule has 2 rings (SSSR count). The molecule has 2 N–H and O–H groups in total. The van der Waals surface area contributed by atoms with Gasteiger partial charge in [0.15, 0.2) is 12.3 Å². The maximum absolute atomic E-state index is 11.1. The minimum absolute atomic E-state index is 0.264. The number of hydrogen-bond donors (Lipinski definition) is 2. The van der Waals surface area contributed by atoms with Gasteiger partial charge in [-0.1, -0.05) is 0 Å². The normalized spacial score (nSPS) is 27.2. The lowest BCUT2D eigenvalue weighted by atomic mass is 10.00. The molecule has 0 amide bonds. The molecule has 1 atom stereocenters. The summed E-state index contributed by atoms with van der Waals surface area (Å²) in [7, 11) is 1.80. The summed E-state index contributed by atoms with van der Waals surface area (Å²) in [5.74, 6) is -0.701. The number of allylic oxidation sites excluding steroid dienone is 2. The zero-order chi connectivity index (χ0) is 9.59. The van der Waals surface area contributed by atoms with E-state index < -0.39 is 11.9 Å². The average Bonchev–Trinajstić information content (AvgIpc) is 2.31. The van der Waals surface area contributed by atoms with E-state index in [-0.39, 0.29) is 5.76 Å². The number of aliphatic hydroxyl groups is 2. The monoisotopic (exact) mass is 180 g/mol. The summed E-state index contributed by atoms with van der Waals surface area (Å²) in [5, 5.41) is 18.7. The van der Waals surface area contributed by atoms with Crippen molar-refractivity contribution in [1.82, 2.24) is 0 Å². The SMILES string of the molecule is C[N+]1=C2C=C(O)C(=O)C=C2[C@@H](O)C1. The largest absolute Gasteiger partial charge is 0.504 e. The van der Waals surface area contributed by atoms with Crippen LogP contribution in [0.3, 0.4) is 0 Å². The van der Waals surface area contributed by atoms with Crippen LogP contribution in [0.4, 0.5) is 0 Å². The standard InChI is InChI=1S/C9H9NO3/c1-10-4-9(13)5-2-7(11)8(12)3-6(5)10/h2-3,9,13H,4H2,1H3/p+1/t9-/m0/s1. The van der Waals surface area contributed by atoms with Crippen LogP contribution >= 0.6 is 0 Å². The molecular weight excluding hydrogens is 170 g/mol. The predicted octanol–water partition coefficient (Wildman–Crippen LogP) is -0.605. The zero-order valence-electron chi connectivity index (χ0n) is 7.19. The summed E-state index contributed by atoms with van der Waals surface area (Å²) >= 11 is 0. The highest BCUT2D eigenvalue weighted by Crippen LogP contribution is 2.19. The molecular formula is C9H10NO3+. The molecule has 1 aliphatic carbocycles. The van der Waals surface area contributed by atoms with Crippen molar-refractivity contribution in [1.29, 1.82) is 0 Å². The zero-order valence-corrected chi connectivity index (χ0v) is 7.19. The third kappa shape index (κ3) is 1.10. The van der Waals surface area contributed by atoms with Gasteiger partial charge in [0.25, 0.3) is 0 Å². The molecule has 0 fully saturated rings. The number of fused-ring (bicyclic) bond motifs is 1. The van der Waals surface area contributed by atoms with Crippen LogP contribution in [0.25, 0.3) is 0 Å². The first-order valence-electron chi connectivity index (χ1n) is 4.02. The van der Waals surface area contributed by atoms with Crippen molar-refractivity contribution in [2.75, 3.05) is 13.6 Å². The number of nitrogens with zero attached hydrogens (tertiary/aromatic N) is 1. The van der Waals surface area contributed by atoms with Gasteiger partial charge < -0.3 is 10.2 Å². The van der Waals surface area contributed by atoms with Crippen LogP contribution in [0, 0.1) is 0 Å². The van der Waals surface area contributed by atoms with Gasteiger partial charge in [0.2, 0.25) is 11.5 Å². The molecule has 0 bridgehead atoms. The van der Waals surface area contributed by atoms with Gasteiger partial charge in [0, 0.05) is 6.08 Å². The van der Waals surface area contributed by atoms with Crippen LogP contribution in [-0.2, 0) is 4.79 Å². The number of carbonyl (C=O) groups excluding carboxylic acids is 1. The highest BCUT2D eigenvalue weighted by Gasteiger charge is 2.36. The second-order valence-corrected chi connectivity index (χ2v) is 3.28. The number of likely N-dealkylation sites (N-methyl/N-ethyl adjacent to an activating group) is 1. The van der Waals surface area contributed by atoms with Crippen molar-refractivity contribution in [3.05, 3.63) is 23.5 Å². The molecule has 0 unspecified atom stereocenters. The molecule has 0 spiro atoms. The van der Waals surface area contributed by atoms with Crippen molar-refractivity contribution in [2.45, 2.75) is 6.10 Å². The first-order valence-corrected chi connectivity index (χ1v) is 4.02. The number of β-amino-alcohol motifs (C(OH)–C–C–N with tert-alkyl or cyclic N) is 1. The van der Waals surface area contributed by atoms with Crippen LogP contribution in [0.15, 0.2) is 23.5 Å². The average molecular weight is 180 g/mol. The number of rotatable bonds is 0. The van der Waals surface area contributed by atoms with Crippen LogP contribution in [0.5, 0.6) is 0 Å². The summed E-state index contributed by atoms with van der Waals surface area (Å²) in [6.45, 7) is 0.470. The second kappa shape index (κ2) is 2.53. The Balaban J connectivity index is 2.52. The fourth-order valence-corrected chi connectivity index (χ4v) is 1.63. The van der Waals surface area contributed by atoms with Gasteiger partial charge >= 0.3 is 0 Å². The highest BCUT2D eigenvalue weighted by atomic mass is 16.3. The minimum atomic E-state index is -0.617. The minimum Gasteiger partial charge on any atom is -0.504 e. The summed E-state index contributed by atoms with van der Waals surface area (Å²) in [6.07, 6.45) is 2.07. The van der Waals surface area contributed by atoms with Gasteiger partial charge in [-0.25, -0.2) is 4.58 Å². The summed E-state index contributed by atoms with van der Waals surface area (Å²) < 4.78 is 1.80. The van der Waals surface area contributed by atoms with Crippen molar-refractivity contribution in [3.63, 3.8) is 0 Å². The second-order valence-electron chi connectivity index (χ2n) is 3.28. The number of hydrogen-bond acceptors (Lipinski definition) is 3.